The molecule has 0 saturated carbocycles. The highest BCUT2D eigenvalue weighted by molar-refractivity contribution is 9.10. The lowest BCUT2D eigenvalue weighted by Crippen LogP contribution is -2.05. The standard InChI is InChI=1S/C14H15BrN2O2S/c1-2-12-7-13(20-9-14(18)19)17(16-12)8-10-4-3-5-11(15)6-10/h3-7H,2,8-9H2,1H3,(H,18,19). The molecule has 0 aliphatic carbocycles. The molecular weight excluding hydrogens is 340 g/mol. The van der Waals surface area contributed by atoms with Crippen LogP contribution in [0.25, 0.3) is 0 Å². The third kappa shape index (κ3) is 4.11. The SMILES string of the molecule is CCc1cc(SCC(=O)O)n(Cc2cccc(Br)c2)n1. The summed E-state index contributed by atoms with van der Waals surface area (Å²) in [5.41, 5.74) is 2.11. The topological polar surface area (TPSA) is 55.1 Å². The molecule has 0 saturated heterocycles. The van der Waals surface area contributed by atoms with Crippen molar-refractivity contribution in [3.8, 4) is 0 Å². The van der Waals surface area contributed by atoms with E-state index in [4.69, 9.17) is 5.11 Å². The largest absolute Gasteiger partial charge is 0.481 e. The fourth-order valence-electron chi connectivity index (χ4n) is 1.80. The Morgan fingerprint density at radius 2 is 2.25 bits per heavy atom. The molecule has 1 aromatic carbocycles. The van der Waals surface area contributed by atoms with Crippen molar-refractivity contribution in [3.63, 3.8) is 0 Å². The quantitative estimate of drug-likeness (QED) is 0.807. The number of carboxylic acids is 1. The average Bonchev–Trinajstić information content (AvgIpc) is 2.79. The maximum atomic E-state index is 10.7. The molecule has 0 radical (unpaired) electrons. The van der Waals surface area contributed by atoms with Gasteiger partial charge in [0.15, 0.2) is 0 Å². The monoisotopic (exact) mass is 354 g/mol. The maximum absolute atomic E-state index is 10.7. The minimum Gasteiger partial charge on any atom is -0.481 e. The number of thioether (sulfide) groups is 1. The summed E-state index contributed by atoms with van der Waals surface area (Å²) in [6, 6.07) is 9.99. The zero-order valence-corrected chi connectivity index (χ0v) is 13.4. The van der Waals surface area contributed by atoms with Crippen LogP contribution in [0.15, 0.2) is 39.8 Å². The second-order valence-electron chi connectivity index (χ2n) is 4.30. The molecule has 1 N–H and O–H groups in total. The summed E-state index contributed by atoms with van der Waals surface area (Å²) in [5.74, 6) is -0.767. The van der Waals surface area contributed by atoms with Crippen molar-refractivity contribution >= 4 is 33.7 Å². The van der Waals surface area contributed by atoms with E-state index in [1.807, 2.05) is 41.9 Å². The number of halogens is 1. The van der Waals surface area contributed by atoms with Crippen LogP contribution in [0.5, 0.6) is 0 Å². The molecule has 20 heavy (non-hydrogen) atoms. The Labute approximate surface area is 130 Å². The van der Waals surface area contributed by atoms with E-state index in [-0.39, 0.29) is 5.75 Å². The molecule has 1 aromatic heterocycles. The highest BCUT2D eigenvalue weighted by atomic mass is 79.9. The first-order chi connectivity index (χ1) is 9.58. The van der Waals surface area contributed by atoms with Crippen LogP contribution in [-0.4, -0.2) is 26.6 Å². The number of carbonyl (C=O) groups is 1. The molecule has 2 aromatic rings. The number of rotatable bonds is 6. The molecule has 0 fully saturated rings. The molecule has 4 nitrogen and oxygen atoms in total. The van der Waals surface area contributed by atoms with Crippen LogP contribution in [-0.2, 0) is 17.8 Å². The smallest absolute Gasteiger partial charge is 0.313 e. The van der Waals surface area contributed by atoms with Gasteiger partial charge in [-0.25, -0.2) is 0 Å². The van der Waals surface area contributed by atoms with Crippen molar-refractivity contribution in [2.45, 2.75) is 24.9 Å². The number of aliphatic carboxylic acids is 1. The molecular formula is C14H15BrN2O2S. The molecule has 106 valence electrons. The lowest BCUT2D eigenvalue weighted by Gasteiger charge is -2.06. The molecule has 0 aliphatic rings. The predicted octanol–water partition coefficient (Wildman–Crippen LogP) is 3.43. The third-order valence-corrected chi connectivity index (χ3v) is 4.23. The average molecular weight is 355 g/mol. The van der Waals surface area contributed by atoms with Gasteiger partial charge in [-0.15, -0.1) is 0 Å². The molecule has 0 spiro atoms. The van der Waals surface area contributed by atoms with E-state index in [0.29, 0.717) is 6.54 Å². The van der Waals surface area contributed by atoms with Gasteiger partial charge in [-0.1, -0.05) is 46.7 Å². The van der Waals surface area contributed by atoms with Crippen molar-refractivity contribution in [1.29, 1.82) is 0 Å². The number of aryl methyl sites for hydroxylation is 1. The van der Waals surface area contributed by atoms with Gasteiger partial charge in [-0.05, 0) is 30.2 Å². The molecule has 0 aliphatic heterocycles. The van der Waals surface area contributed by atoms with Crippen LogP contribution >= 0.6 is 27.7 Å². The third-order valence-electron chi connectivity index (χ3n) is 2.72. The summed E-state index contributed by atoms with van der Waals surface area (Å²) < 4.78 is 2.89. The Morgan fingerprint density at radius 1 is 1.45 bits per heavy atom. The summed E-state index contributed by atoms with van der Waals surface area (Å²) in [4.78, 5) is 10.7. The Hall–Kier alpha value is -1.27. The van der Waals surface area contributed by atoms with E-state index in [0.717, 1.165) is 27.2 Å². The van der Waals surface area contributed by atoms with Crippen LogP contribution in [0.4, 0.5) is 0 Å². The van der Waals surface area contributed by atoms with Crippen LogP contribution in [0.1, 0.15) is 18.2 Å². The predicted molar refractivity (Wildman–Crippen MR) is 83.2 cm³/mol. The van der Waals surface area contributed by atoms with Crippen LogP contribution in [0.3, 0.4) is 0 Å². The van der Waals surface area contributed by atoms with E-state index in [9.17, 15) is 4.79 Å². The van der Waals surface area contributed by atoms with Crippen molar-refractivity contribution in [2.24, 2.45) is 0 Å². The number of nitrogens with zero attached hydrogens (tertiary/aromatic N) is 2. The first-order valence-electron chi connectivity index (χ1n) is 6.24. The van der Waals surface area contributed by atoms with Gasteiger partial charge in [0, 0.05) is 4.47 Å². The number of hydrogen-bond acceptors (Lipinski definition) is 3. The molecule has 1 heterocycles. The molecule has 0 atom stereocenters. The highest BCUT2D eigenvalue weighted by Crippen LogP contribution is 2.21. The number of benzene rings is 1. The Balaban J connectivity index is 2.20. The van der Waals surface area contributed by atoms with Crippen LogP contribution < -0.4 is 0 Å². The van der Waals surface area contributed by atoms with Crippen molar-refractivity contribution in [1.82, 2.24) is 9.78 Å². The van der Waals surface area contributed by atoms with Gasteiger partial charge in [0.1, 0.15) is 0 Å². The van der Waals surface area contributed by atoms with Gasteiger partial charge >= 0.3 is 5.97 Å². The van der Waals surface area contributed by atoms with Gasteiger partial charge in [-0.3, -0.25) is 9.48 Å². The van der Waals surface area contributed by atoms with E-state index in [1.165, 1.54) is 11.8 Å². The Kier molecular flexibility index (Phi) is 5.25. The maximum Gasteiger partial charge on any atom is 0.313 e. The lowest BCUT2D eigenvalue weighted by atomic mass is 10.2. The van der Waals surface area contributed by atoms with Crippen LogP contribution in [0.2, 0.25) is 0 Å². The fourth-order valence-corrected chi connectivity index (χ4v) is 2.99. The summed E-state index contributed by atoms with van der Waals surface area (Å²) in [6.45, 7) is 2.68. The normalized spacial score (nSPS) is 10.7. The number of hydrogen-bond donors (Lipinski definition) is 1. The molecule has 0 bridgehead atoms. The fraction of sp³-hybridized carbons (Fsp3) is 0.286. The first kappa shape index (κ1) is 15.1. The van der Waals surface area contributed by atoms with Gasteiger partial charge in [0.05, 0.1) is 23.0 Å². The van der Waals surface area contributed by atoms with E-state index in [1.54, 1.807) is 0 Å². The summed E-state index contributed by atoms with van der Waals surface area (Å²) in [5, 5.41) is 14.2. The van der Waals surface area contributed by atoms with Gasteiger partial charge in [0.2, 0.25) is 0 Å². The lowest BCUT2D eigenvalue weighted by molar-refractivity contribution is -0.133. The zero-order chi connectivity index (χ0) is 14.5. The van der Waals surface area contributed by atoms with Gasteiger partial charge in [0.25, 0.3) is 0 Å². The minimum atomic E-state index is -0.816. The zero-order valence-electron chi connectivity index (χ0n) is 11.0. The van der Waals surface area contributed by atoms with E-state index >= 15 is 0 Å². The first-order valence-corrected chi connectivity index (χ1v) is 8.02. The van der Waals surface area contributed by atoms with Gasteiger partial charge < -0.3 is 5.11 Å². The second kappa shape index (κ2) is 6.95. The molecule has 0 amide bonds. The Morgan fingerprint density at radius 3 is 2.90 bits per heavy atom. The van der Waals surface area contributed by atoms with Crippen LogP contribution in [0, 0.1) is 0 Å². The Bertz CT molecular complexity index is 613. The molecule has 6 heteroatoms. The van der Waals surface area contributed by atoms with E-state index in [2.05, 4.69) is 21.0 Å². The van der Waals surface area contributed by atoms with Crippen molar-refractivity contribution in [2.75, 3.05) is 5.75 Å². The summed E-state index contributed by atoms with van der Waals surface area (Å²) >= 11 is 4.75. The molecule has 2 rings (SSSR count). The van der Waals surface area contributed by atoms with E-state index < -0.39 is 5.97 Å². The summed E-state index contributed by atoms with van der Waals surface area (Å²) in [6.07, 6.45) is 0.839. The van der Waals surface area contributed by atoms with Gasteiger partial charge in [-0.2, -0.15) is 5.10 Å². The molecule has 0 unspecified atom stereocenters. The number of carboxylic acid groups (broad SMARTS) is 1. The van der Waals surface area contributed by atoms with Crippen molar-refractivity contribution < 1.29 is 9.90 Å². The second-order valence-corrected chi connectivity index (χ2v) is 6.21. The minimum absolute atomic E-state index is 0.0489. The summed E-state index contributed by atoms with van der Waals surface area (Å²) in [7, 11) is 0. The number of aromatic nitrogens is 2. The van der Waals surface area contributed by atoms with Crippen molar-refractivity contribution in [3.05, 3.63) is 46.1 Å². The highest BCUT2D eigenvalue weighted by Gasteiger charge is 2.10.